The first-order valence-corrected chi connectivity index (χ1v) is 6.70. The molecule has 0 aliphatic rings. The van der Waals surface area contributed by atoms with Crippen LogP contribution >= 0.6 is 0 Å². The Kier molecular flexibility index (Phi) is 5.21. The number of hydrogen-bond acceptors (Lipinski definition) is 2. The van der Waals surface area contributed by atoms with Gasteiger partial charge < -0.3 is 0 Å². The van der Waals surface area contributed by atoms with Gasteiger partial charge in [-0.15, -0.1) is 0 Å². The number of rotatable bonds is 4. The molecule has 3 radical (unpaired) electrons. The second-order valence-corrected chi connectivity index (χ2v) is 5.82. The summed E-state index contributed by atoms with van der Waals surface area (Å²) in [6.07, 6.45) is 0. The summed E-state index contributed by atoms with van der Waals surface area (Å²) in [7, 11) is 5.80. The van der Waals surface area contributed by atoms with Gasteiger partial charge in [0.25, 0.3) is 0 Å². The van der Waals surface area contributed by atoms with E-state index in [0.717, 1.165) is 12.2 Å². The van der Waals surface area contributed by atoms with Gasteiger partial charge in [-0.05, 0) is 0 Å². The van der Waals surface area contributed by atoms with Crippen LogP contribution in [0, 0.1) is 5.92 Å². The maximum absolute atomic E-state index is 12.2. The molecule has 0 aromatic heterocycles. The summed E-state index contributed by atoms with van der Waals surface area (Å²) in [5, 5.41) is 0. The van der Waals surface area contributed by atoms with Gasteiger partial charge in [0.05, 0.1) is 0 Å². The second-order valence-electron chi connectivity index (χ2n) is 4.61. The Bertz CT molecular complexity index is 376. The molecule has 3 nitrogen and oxygen atoms in total. The molecule has 0 bridgehead atoms. The van der Waals surface area contributed by atoms with Gasteiger partial charge in [0.15, 0.2) is 0 Å². The molecule has 0 aliphatic heterocycles. The molecule has 0 heterocycles. The zero-order valence-electron chi connectivity index (χ0n) is 10.9. The van der Waals surface area contributed by atoms with Gasteiger partial charge in [0.1, 0.15) is 0 Å². The van der Waals surface area contributed by atoms with Gasteiger partial charge >= 0.3 is 112 Å². The summed E-state index contributed by atoms with van der Waals surface area (Å²) in [4.78, 5) is 15.9. The van der Waals surface area contributed by atoms with E-state index >= 15 is 0 Å². The van der Waals surface area contributed by atoms with Crippen molar-refractivity contribution in [2.24, 2.45) is 5.92 Å². The standard InChI is InChI=1S/C13H19GeN2O/c1-10(9-15(2)3)13(17)16(4)12-7-5-11(14)6-8-12/h5-8,10H,9H2,1-4H3. The Hall–Kier alpha value is -0.807. The molecule has 0 saturated carbocycles. The second kappa shape index (κ2) is 6.21. The van der Waals surface area contributed by atoms with Crippen molar-refractivity contribution in [3.05, 3.63) is 24.3 Å². The van der Waals surface area contributed by atoms with Crippen LogP contribution in [0.1, 0.15) is 6.92 Å². The predicted molar refractivity (Wildman–Crippen MR) is 73.0 cm³/mol. The van der Waals surface area contributed by atoms with Crippen LogP contribution in [-0.2, 0) is 4.79 Å². The van der Waals surface area contributed by atoms with E-state index in [2.05, 4.69) is 0 Å². The average Bonchev–Trinajstić information content (AvgIpc) is 2.27. The summed E-state index contributed by atoms with van der Waals surface area (Å²) in [5.74, 6) is 0.166. The van der Waals surface area contributed by atoms with Crippen molar-refractivity contribution in [2.45, 2.75) is 6.92 Å². The van der Waals surface area contributed by atoms with Crippen LogP contribution in [0.15, 0.2) is 24.3 Å². The maximum atomic E-state index is 12.2. The van der Waals surface area contributed by atoms with Crippen LogP contribution < -0.4 is 9.30 Å². The van der Waals surface area contributed by atoms with Gasteiger partial charge in [0.2, 0.25) is 0 Å². The van der Waals surface area contributed by atoms with Crippen molar-refractivity contribution < 1.29 is 4.79 Å². The predicted octanol–water partition coefficient (Wildman–Crippen LogP) is 0.641. The molecule has 1 atom stereocenters. The Balaban J connectivity index is 2.72. The zero-order valence-corrected chi connectivity index (χ0v) is 13.0. The number of carbonyl (C=O) groups is 1. The SMILES string of the molecule is CC(CN(C)C)C(=O)N(C)c1cc[c]([Ge])cc1. The molecule has 0 fully saturated rings. The van der Waals surface area contributed by atoms with Crippen LogP contribution in [0.4, 0.5) is 5.69 Å². The van der Waals surface area contributed by atoms with Gasteiger partial charge in [-0.3, -0.25) is 0 Å². The molecule has 0 aliphatic carbocycles. The minimum absolute atomic E-state index is 0.0105. The summed E-state index contributed by atoms with van der Waals surface area (Å²) < 4.78 is 1.20. The molecule has 0 saturated heterocycles. The van der Waals surface area contributed by atoms with E-state index < -0.39 is 0 Å². The molecular formula is C13H19GeN2O. The molecule has 1 amide bonds. The fourth-order valence-corrected chi connectivity index (χ4v) is 2.12. The van der Waals surface area contributed by atoms with E-state index in [4.69, 9.17) is 0 Å². The van der Waals surface area contributed by atoms with Gasteiger partial charge in [-0.25, -0.2) is 0 Å². The van der Waals surface area contributed by atoms with E-state index in [1.807, 2.05) is 73.7 Å². The molecule has 0 spiro atoms. The molecule has 1 rings (SSSR count). The Labute approximate surface area is 112 Å². The normalized spacial score (nSPS) is 12.6. The van der Waals surface area contributed by atoms with Gasteiger partial charge in [0, 0.05) is 0 Å². The monoisotopic (exact) mass is 293 g/mol. The first-order chi connectivity index (χ1) is 7.91. The third kappa shape index (κ3) is 4.17. The van der Waals surface area contributed by atoms with Crippen molar-refractivity contribution in [1.82, 2.24) is 4.90 Å². The fourth-order valence-electron chi connectivity index (χ4n) is 1.77. The van der Waals surface area contributed by atoms with E-state index in [0.29, 0.717) is 0 Å². The third-order valence-electron chi connectivity index (χ3n) is 2.65. The number of carbonyl (C=O) groups excluding carboxylic acids is 1. The molecule has 17 heavy (non-hydrogen) atoms. The van der Waals surface area contributed by atoms with E-state index in [-0.39, 0.29) is 11.8 Å². The Morgan fingerprint density at radius 2 is 1.76 bits per heavy atom. The molecule has 1 unspecified atom stereocenters. The van der Waals surface area contributed by atoms with Crippen LogP contribution in [0.5, 0.6) is 0 Å². The van der Waals surface area contributed by atoms with Gasteiger partial charge in [-0.2, -0.15) is 0 Å². The van der Waals surface area contributed by atoms with Crippen LogP contribution in [0.25, 0.3) is 0 Å². The van der Waals surface area contributed by atoms with Gasteiger partial charge in [-0.1, -0.05) is 0 Å². The van der Waals surface area contributed by atoms with Crippen LogP contribution in [0.3, 0.4) is 0 Å². The molecule has 4 heteroatoms. The summed E-state index contributed by atoms with van der Waals surface area (Å²) in [6.45, 7) is 2.74. The molecule has 1 aromatic rings. The molecule has 0 N–H and O–H groups in total. The van der Waals surface area contributed by atoms with Crippen molar-refractivity contribution >= 4 is 32.5 Å². The minimum atomic E-state index is 0.0105. The number of benzene rings is 1. The van der Waals surface area contributed by atoms with Crippen molar-refractivity contribution in [2.75, 3.05) is 32.6 Å². The van der Waals surface area contributed by atoms with E-state index in [1.165, 1.54) is 4.40 Å². The molecule has 91 valence electrons. The van der Waals surface area contributed by atoms with E-state index in [9.17, 15) is 4.79 Å². The number of nitrogens with zero attached hydrogens (tertiary/aromatic N) is 2. The Morgan fingerprint density at radius 1 is 1.24 bits per heavy atom. The molecular weight excluding hydrogens is 273 g/mol. The number of amides is 1. The first-order valence-electron chi connectivity index (χ1n) is 5.65. The van der Waals surface area contributed by atoms with E-state index in [1.54, 1.807) is 4.90 Å². The summed E-state index contributed by atoms with van der Waals surface area (Å²) in [5.41, 5.74) is 0.950. The number of hydrogen-bond donors (Lipinski definition) is 0. The van der Waals surface area contributed by atoms with Crippen LogP contribution in [-0.4, -0.2) is 55.0 Å². The topological polar surface area (TPSA) is 23.6 Å². The van der Waals surface area contributed by atoms with Crippen molar-refractivity contribution in [3.8, 4) is 0 Å². The first kappa shape index (κ1) is 14.3. The molecule has 1 aromatic carbocycles. The van der Waals surface area contributed by atoms with Crippen LogP contribution in [0.2, 0.25) is 0 Å². The quantitative estimate of drug-likeness (QED) is 0.760. The summed E-state index contributed by atoms with van der Waals surface area (Å²) in [6, 6.07) is 8.01. The van der Waals surface area contributed by atoms with Crippen molar-refractivity contribution in [1.29, 1.82) is 0 Å². The fraction of sp³-hybridized carbons (Fsp3) is 0.462. The Morgan fingerprint density at radius 3 is 2.24 bits per heavy atom. The number of anilines is 1. The third-order valence-corrected chi connectivity index (χ3v) is 3.35. The zero-order chi connectivity index (χ0) is 13.0. The van der Waals surface area contributed by atoms with Crippen molar-refractivity contribution in [3.63, 3.8) is 0 Å². The summed E-state index contributed by atoms with van der Waals surface area (Å²) >= 11 is 2.04. The average molecular weight is 292 g/mol.